The maximum atomic E-state index is 11.6. The van der Waals surface area contributed by atoms with E-state index in [0.717, 1.165) is 12.8 Å². The monoisotopic (exact) mass is 266 g/mol. The number of nitrogens with two attached hydrogens (primary N) is 1. The van der Waals surface area contributed by atoms with E-state index < -0.39 is 10.0 Å². The summed E-state index contributed by atoms with van der Waals surface area (Å²) >= 11 is 0. The molecule has 0 amide bonds. The highest BCUT2D eigenvalue weighted by Crippen LogP contribution is 2.05. The fraction of sp³-hybridized carbons (Fsp3) is 1.00. The van der Waals surface area contributed by atoms with Gasteiger partial charge in [-0.05, 0) is 32.7 Å². The minimum absolute atomic E-state index is 0.0181. The van der Waals surface area contributed by atoms with Gasteiger partial charge in [-0.3, -0.25) is 0 Å². The average molecular weight is 266 g/mol. The molecule has 1 atom stereocenters. The zero-order valence-electron chi connectivity index (χ0n) is 11.1. The smallest absolute Gasteiger partial charge is 0.213 e. The fourth-order valence-electron chi connectivity index (χ4n) is 1.40. The molecule has 0 aliphatic rings. The lowest BCUT2D eigenvalue weighted by atomic mass is 10.0. The van der Waals surface area contributed by atoms with Crippen molar-refractivity contribution in [3.8, 4) is 0 Å². The van der Waals surface area contributed by atoms with Gasteiger partial charge in [0.1, 0.15) is 0 Å². The van der Waals surface area contributed by atoms with Crippen LogP contribution in [0.2, 0.25) is 0 Å². The molecule has 0 aromatic heterocycles. The summed E-state index contributed by atoms with van der Waals surface area (Å²) in [5, 5.41) is 0. The van der Waals surface area contributed by atoms with Gasteiger partial charge < -0.3 is 10.5 Å². The molecule has 0 rings (SSSR count). The summed E-state index contributed by atoms with van der Waals surface area (Å²) in [7, 11) is -3.22. The molecule has 6 heteroatoms. The van der Waals surface area contributed by atoms with Crippen LogP contribution >= 0.6 is 0 Å². The zero-order chi connectivity index (χ0) is 13.3. The first-order chi connectivity index (χ1) is 7.91. The second-order valence-corrected chi connectivity index (χ2v) is 6.36. The SMILES string of the molecule is CCC(CCN)CNS(=O)(=O)CCOC(C)C. The van der Waals surface area contributed by atoms with E-state index in [1.807, 2.05) is 20.8 Å². The molecule has 0 heterocycles. The maximum absolute atomic E-state index is 11.6. The van der Waals surface area contributed by atoms with Crippen molar-refractivity contribution in [3.63, 3.8) is 0 Å². The van der Waals surface area contributed by atoms with Gasteiger partial charge in [-0.25, -0.2) is 13.1 Å². The molecular formula is C11H26N2O3S. The van der Waals surface area contributed by atoms with Crippen molar-refractivity contribution < 1.29 is 13.2 Å². The van der Waals surface area contributed by atoms with Crippen molar-refractivity contribution in [3.05, 3.63) is 0 Å². The molecule has 5 nitrogen and oxygen atoms in total. The Balaban J connectivity index is 3.91. The third kappa shape index (κ3) is 9.52. The van der Waals surface area contributed by atoms with Gasteiger partial charge in [0.05, 0.1) is 18.5 Å². The van der Waals surface area contributed by atoms with E-state index in [0.29, 0.717) is 19.0 Å². The second kappa shape index (κ2) is 8.85. The molecule has 3 N–H and O–H groups in total. The second-order valence-electron chi connectivity index (χ2n) is 4.44. The van der Waals surface area contributed by atoms with Gasteiger partial charge in [0.25, 0.3) is 0 Å². The molecule has 17 heavy (non-hydrogen) atoms. The molecule has 0 aromatic rings. The number of hydrogen-bond donors (Lipinski definition) is 2. The van der Waals surface area contributed by atoms with Crippen LogP contribution in [0.5, 0.6) is 0 Å². The summed E-state index contributed by atoms with van der Waals surface area (Å²) in [6.45, 7) is 7.11. The number of ether oxygens (including phenoxy) is 1. The predicted octanol–water partition coefficient (Wildman–Crippen LogP) is 0.706. The summed E-state index contributed by atoms with van der Waals surface area (Å²) in [4.78, 5) is 0. The van der Waals surface area contributed by atoms with Gasteiger partial charge in [-0.2, -0.15) is 0 Å². The summed E-state index contributed by atoms with van der Waals surface area (Å²) in [5.74, 6) is 0.338. The van der Waals surface area contributed by atoms with Crippen molar-refractivity contribution in [1.29, 1.82) is 0 Å². The minimum atomic E-state index is -3.22. The fourth-order valence-corrected chi connectivity index (χ4v) is 2.35. The summed E-state index contributed by atoms with van der Waals surface area (Å²) in [6, 6.07) is 0. The van der Waals surface area contributed by atoms with E-state index in [2.05, 4.69) is 4.72 Å². The number of hydrogen-bond acceptors (Lipinski definition) is 4. The van der Waals surface area contributed by atoms with Gasteiger partial charge in [-0.1, -0.05) is 13.3 Å². The van der Waals surface area contributed by atoms with Crippen molar-refractivity contribution in [1.82, 2.24) is 4.72 Å². The molecule has 1 unspecified atom stereocenters. The molecule has 104 valence electrons. The minimum Gasteiger partial charge on any atom is -0.378 e. The van der Waals surface area contributed by atoms with Crippen LogP contribution in [0.1, 0.15) is 33.6 Å². The van der Waals surface area contributed by atoms with Gasteiger partial charge in [0.2, 0.25) is 10.0 Å². The third-order valence-corrected chi connectivity index (χ3v) is 3.86. The maximum Gasteiger partial charge on any atom is 0.213 e. The highest BCUT2D eigenvalue weighted by atomic mass is 32.2. The van der Waals surface area contributed by atoms with Crippen LogP contribution in [0.3, 0.4) is 0 Å². The number of rotatable bonds is 10. The quantitative estimate of drug-likeness (QED) is 0.610. The lowest BCUT2D eigenvalue weighted by molar-refractivity contribution is 0.0911. The van der Waals surface area contributed by atoms with E-state index in [1.54, 1.807) is 0 Å². The Bertz CT molecular complexity index is 278. The third-order valence-electron chi connectivity index (χ3n) is 2.55. The molecule has 0 saturated carbocycles. The number of nitrogens with one attached hydrogen (secondary N) is 1. The van der Waals surface area contributed by atoms with Gasteiger partial charge in [0.15, 0.2) is 0 Å². The van der Waals surface area contributed by atoms with Gasteiger partial charge in [-0.15, -0.1) is 0 Å². The van der Waals surface area contributed by atoms with Crippen LogP contribution in [0.4, 0.5) is 0 Å². The van der Waals surface area contributed by atoms with Crippen LogP contribution in [0.15, 0.2) is 0 Å². The molecule has 0 aliphatic heterocycles. The average Bonchev–Trinajstić information content (AvgIpc) is 2.23. The summed E-state index contributed by atoms with van der Waals surface area (Å²) < 4.78 is 31.1. The van der Waals surface area contributed by atoms with Crippen molar-refractivity contribution >= 4 is 10.0 Å². The first-order valence-corrected chi connectivity index (χ1v) is 7.85. The number of sulfonamides is 1. The molecule has 0 aromatic carbocycles. The normalized spacial score (nSPS) is 14.2. The Labute approximate surface area is 105 Å². The van der Waals surface area contributed by atoms with Crippen LogP contribution in [-0.2, 0) is 14.8 Å². The van der Waals surface area contributed by atoms with Crippen LogP contribution in [0.25, 0.3) is 0 Å². The Morgan fingerprint density at radius 1 is 1.35 bits per heavy atom. The van der Waals surface area contributed by atoms with Gasteiger partial charge in [0, 0.05) is 6.54 Å². The van der Waals surface area contributed by atoms with Crippen LogP contribution in [-0.4, -0.2) is 40.0 Å². The van der Waals surface area contributed by atoms with Crippen LogP contribution < -0.4 is 10.5 Å². The largest absolute Gasteiger partial charge is 0.378 e. The molecule has 0 saturated heterocycles. The summed E-state index contributed by atoms with van der Waals surface area (Å²) in [5.41, 5.74) is 5.46. The topological polar surface area (TPSA) is 81.4 Å². The lowest BCUT2D eigenvalue weighted by Crippen LogP contribution is -2.33. The van der Waals surface area contributed by atoms with E-state index in [-0.39, 0.29) is 18.5 Å². The lowest BCUT2D eigenvalue weighted by Gasteiger charge is -2.15. The van der Waals surface area contributed by atoms with E-state index in [4.69, 9.17) is 10.5 Å². The molecule has 0 radical (unpaired) electrons. The molecule has 0 bridgehead atoms. The first-order valence-electron chi connectivity index (χ1n) is 6.20. The van der Waals surface area contributed by atoms with E-state index in [1.165, 1.54) is 0 Å². The first kappa shape index (κ1) is 16.8. The highest BCUT2D eigenvalue weighted by Gasteiger charge is 2.13. The summed E-state index contributed by atoms with van der Waals surface area (Å²) in [6.07, 6.45) is 1.84. The van der Waals surface area contributed by atoms with Crippen molar-refractivity contribution in [2.75, 3.05) is 25.4 Å². The van der Waals surface area contributed by atoms with E-state index >= 15 is 0 Å². The Morgan fingerprint density at radius 3 is 2.47 bits per heavy atom. The Morgan fingerprint density at radius 2 is 2.00 bits per heavy atom. The zero-order valence-corrected chi connectivity index (χ0v) is 11.9. The van der Waals surface area contributed by atoms with Gasteiger partial charge >= 0.3 is 0 Å². The molecule has 0 spiro atoms. The molecular weight excluding hydrogens is 240 g/mol. The standard InChI is InChI=1S/C11H26N2O3S/c1-4-11(5-6-12)9-13-17(14,15)8-7-16-10(2)3/h10-11,13H,4-9,12H2,1-3H3. The predicted molar refractivity (Wildman–Crippen MR) is 70.3 cm³/mol. The Kier molecular flexibility index (Phi) is 8.77. The van der Waals surface area contributed by atoms with Crippen LogP contribution in [0, 0.1) is 5.92 Å². The van der Waals surface area contributed by atoms with Crippen molar-refractivity contribution in [2.45, 2.75) is 39.7 Å². The molecule has 0 aliphatic carbocycles. The highest BCUT2D eigenvalue weighted by molar-refractivity contribution is 7.89. The van der Waals surface area contributed by atoms with E-state index in [9.17, 15) is 8.42 Å². The molecule has 0 fully saturated rings. The van der Waals surface area contributed by atoms with Crippen molar-refractivity contribution in [2.24, 2.45) is 11.7 Å². The Hall–Kier alpha value is -0.170.